The molecule has 0 saturated carbocycles. The molecule has 3 fully saturated rings. The molecule has 0 bridgehead atoms. The second kappa shape index (κ2) is 9.48. The summed E-state index contributed by atoms with van der Waals surface area (Å²) in [6, 6.07) is 0. The lowest BCUT2D eigenvalue weighted by Crippen LogP contribution is -2.35. The van der Waals surface area contributed by atoms with Crippen molar-refractivity contribution in [2.45, 2.75) is 19.3 Å². The predicted molar refractivity (Wildman–Crippen MR) is 109 cm³/mol. The highest BCUT2D eigenvalue weighted by molar-refractivity contribution is 5.47. The quantitative estimate of drug-likeness (QED) is 0.633. The molecule has 9 heteroatoms. The van der Waals surface area contributed by atoms with Crippen molar-refractivity contribution in [3.8, 4) is 0 Å². The van der Waals surface area contributed by atoms with E-state index in [2.05, 4.69) is 30.7 Å². The molecule has 3 aliphatic rings. The number of nitrogens with one attached hydrogen (secondary N) is 3. The first kappa shape index (κ1) is 18.6. The fraction of sp³-hybridized carbons (Fsp3) is 0.833. The second-order valence-corrected chi connectivity index (χ2v) is 7.51. The maximum atomic E-state index is 4.91. The molecule has 150 valence electrons. The molecule has 9 nitrogen and oxygen atoms in total. The zero-order valence-corrected chi connectivity index (χ0v) is 16.3. The van der Waals surface area contributed by atoms with Crippen LogP contribution in [0.25, 0.3) is 0 Å². The largest absolute Gasteiger partial charge is 0.339 e. The van der Waals surface area contributed by atoms with Gasteiger partial charge in [-0.2, -0.15) is 15.0 Å². The van der Waals surface area contributed by atoms with Gasteiger partial charge in [-0.1, -0.05) is 0 Å². The summed E-state index contributed by atoms with van der Waals surface area (Å²) >= 11 is 0. The summed E-state index contributed by atoms with van der Waals surface area (Å²) in [5.41, 5.74) is 0. The summed E-state index contributed by atoms with van der Waals surface area (Å²) in [6.45, 7) is 12.0. The fourth-order valence-corrected chi connectivity index (χ4v) is 3.90. The van der Waals surface area contributed by atoms with E-state index in [1.807, 2.05) is 0 Å². The fourth-order valence-electron chi connectivity index (χ4n) is 3.90. The number of aromatic nitrogens is 3. The van der Waals surface area contributed by atoms with Gasteiger partial charge in [-0.05, 0) is 38.9 Å². The van der Waals surface area contributed by atoms with Crippen molar-refractivity contribution < 1.29 is 0 Å². The lowest BCUT2D eigenvalue weighted by Gasteiger charge is -2.27. The number of nitrogens with zero attached hydrogens (tertiary/aromatic N) is 6. The van der Waals surface area contributed by atoms with Crippen molar-refractivity contribution in [1.82, 2.24) is 30.9 Å². The molecule has 0 radical (unpaired) electrons. The van der Waals surface area contributed by atoms with Crippen LogP contribution in [0.4, 0.5) is 17.8 Å². The first-order valence-corrected chi connectivity index (χ1v) is 10.5. The zero-order valence-electron chi connectivity index (χ0n) is 16.3. The molecule has 4 rings (SSSR count). The van der Waals surface area contributed by atoms with Gasteiger partial charge in [0, 0.05) is 58.9 Å². The van der Waals surface area contributed by atoms with Gasteiger partial charge < -0.3 is 30.7 Å². The zero-order chi connectivity index (χ0) is 18.3. The molecular weight excluding hydrogens is 342 g/mol. The third-order valence-electron chi connectivity index (χ3n) is 5.47. The van der Waals surface area contributed by atoms with Crippen LogP contribution in [0.5, 0.6) is 0 Å². The number of hydrogen-bond donors (Lipinski definition) is 3. The monoisotopic (exact) mass is 375 g/mol. The molecule has 1 aromatic heterocycles. The average molecular weight is 376 g/mol. The summed E-state index contributed by atoms with van der Waals surface area (Å²) in [5.74, 6) is 2.52. The van der Waals surface area contributed by atoms with Crippen LogP contribution in [0.2, 0.25) is 0 Å². The second-order valence-electron chi connectivity index (χ2n) is 7.51. The Bertz CT molecular complexity index is 479. The van der Waals surface area contributed by atoms with E-state index in [0.717, 1.165) is 116 Å². The topological polar surface area (TPSA) is 84.5 Å². The van der Waals surface area contributed by atoms with Crippen LogP contribution in [-0.2, 0) is 0 Å². The molecule has 0 atom stereocenters. The maximum Gasteiger partial charge on any atom is 0.232 e. The summed E-state index contributed by atoms with van der Waals surface area (Å²) in [4.78, 5) is 21.7. The lowest BCUT2D eigenvalue weighted by molar-refractivity contribution is 0.718. The summed E-state index contributed by atoms with van der Waals surface area (Å²) in [7, 11) is 0. The molecular formula is C18H33N9. The smallest absolute Gasteiger partial charge is 0.232 e. The van der Waals surface area contributed by atoms with Crippen LogP contribution >= 0.6 is 0 Å². The van der Waals surface area contributed by atoms with E-state index in [-0.39, 0.29) is 0 Å². The summed E-state index contributed by atoms with van der Waals surface area (Å²) in [5, 5.41) is 10.4. The van der Waals surface area contributed by atoms with Gasteiger partial charge in [0.2, 0.25) is 17.8 Å². The van der Waals surface area contributed by atoms with Gasteiger partial charge in [-0.15, -0.1) is 0 Å². The Labute approximate surface area is 161 Å². The minimum absolute atomic E-state index is 0.841. The molecule has 0 amide bonds. The van der Waals surface area contributed by atoms with Crippen LogP contribution in [0, 0.1) is 0 Å². The number of rotatable bonds is 3. The van der Waals surface area contributed by atoms with E-state index >= 15 is 0 Å². The van der Waals surface area contributed by atoms with Gasteiger partial charge in [0.15, 0.2) is 0 Å². The molecule has 3 N–H and O–H groups in total. The third kappa shape index (κ3) is 4.97. The maximum absolute atomic E-state index is 4.91. The highest BCUT2D eigenvalue weighted by Crippen LogP contribution is 2.21. The van der Waals surface area contributed by atoms with Crippen molar-refractivity contribution in [2.75, 3.05) is 93.2 Å². The Morgan fingerprint density at radius 1 is 0.444 bits per heavy atom. The Morgan fingerprint density at radius 3 is 1.11 bits per heavy atom. The van der Waals surface area contributed by atoms with Gasteiger partial charge >= 0.3 is 0 Å². The van der Waals surface area contributed by atoms with Crippen LogP contribution in [0.15, 0.2) is 0 Å². The van der Waals surface area contributed by atoms with Gasteiger partial charge in [0.1, 0.15) is 0 Å². The molecule has 0 aromatic carbocycles. The van der Waals surface area contributed by atoms with Crippen LogP contribution < -0.4 is 30.7 Å². The lowest BCUT2D eigenvalue weighted by atomic mass is 10.4. The Balaban J connectivity index is 1.63. The Morgan fingerprint density at radius 2 is 0.778 bits per heavy atom. The van der Waals surface area contributed by atoms with Crippen molar-refractivity contribution in [2.24, 2.45) is 0 Å². The minimum Gasteiger partial charge on any atom is -0.339 e. The van der Waals surface area contributed by atoms with E-state index < -0.39 is 0 Å². The number of anilines is 3. The number of hydrogen-bond acceptors (Lipinski definition) is 9. The van der Waals surface area contributed by atoms with E-state index in [1.54, 1.807) is 0 Å². The van der Waals surface area contributed by atoms with E-state index in [0.29, 0.717) is 0 Å². The average Bonchev–Trinajstić information content (AvgIpc) is 3.23. The molecule has 27 heavy (non-hydrogen) atoms. The molecule has 3 aliphatic heterocycles. The molecule has 0 aliphatic carbocycles. The van der Waals surface area contributed by atoms with Gasteiger partial charge in [-0.3, -0.25) is 0 Å². The van der Waals surface area contributed by atoms with E-state index in [9.17, 15) is 0 Å². The van der Waals surface area contributed by atoms with Crippen LogP contribution in [-0.4, -0.2) is 93.5 Å². The first-order chi connectivity index (χ1) is 13.4. The van der Waals surface area contributed by atoms with Crippen LogP contribution in [0.1, 0.15) is 19.3 Å². The molecule has 3 saturated heterocycles. The molecule has 1 aromatic rings. The highest BCUT2D eigenvalue weighted by atomic mass is 15.4. The van der Waals surface area contributed by atoms with Crippen LogP contribution in [0.3, 0.4) is 0 Å². The summed E-state index contributed by atoms with van der Waals surface area (Å²) < 4.78 is 0. The van der Waals surface area contributed by atoms with Crippen molar-refractivity contribution in [3.05, 3.63) is 0 Å². The minimum atomic E-state index is 0.841. The van der Waals surface area contributed by atoms with Crippen molar-refractivity contribution >= 4 is 17.8 Å². The molecule has 0 spiro atoms. The highest BCUT2D eigenvalue weighted by Gasteiger charge is 2.22. The van der Waals surface area contributed by atoms with E-state index in [4.69, 9.17) is 15.0 Å². The van der Waals surface area contributed by atoms with Gasteiger partial charge in [0.05, 0.1) is 0 Å². The van der Waals surface area contributed by atoms with E-state index in [1.165, 1.54) is 0 Å². The summed E-state index contributed by atoms with van der Waals surface area (Å²) in [6.07, 6.45) is 3.37. The first-order valence-electron chi connectivity index (χ1n) is 10.5. The standard InChI is InChI=1S/C18H33N9/c1-4-19-7-13-25(10-1)16-22-17(26-11-2-5-20-8-14-26)24-18(23-16)27-12-3-6-21-9-15-27/h19-21H,1-15H2. The third-order valence-corrected chi connectivity index (χ3v) is 5.47. The normalized spacial score (nSPS) is 22.9. The molecule has 4 heterocycles. The van der Waals surface area contributed by atoms with Gasteiger partial charge in [0.25, 0.3) is 0 Å². The van der Waals surface area contributed by atoms with Gasteiger partial charge in [-0.25, -0.2) is 0 Å². The Hall–Kier alpha value is -1.71. The Kier molecular flexibility index (Phi) is 6.54. The van der Waals surface area contributed by atoms with Crippen molar-refractivity contribution in [3.63, 3.8) is 0 Å². The molecule has 0 unspecified atom stereocenters. The SMILES string of the molecule is C1CNCCN(c2nc(N3CCCNCC3)nc(N3CCCNCC3)n2)C1. The predicted octanol–water partition coefficient (Wildman–Crippen LogP) is -0.729. The van der Waals surface area contributed by atoms with Crippen molar-refractivity contribution in [1.29, 1.82) is 0 Å².